The zero-order valence-electron chi connectivity index (χ0n) is 12.1. The van der Waals surface area contributed by atoms with Crippen LogP contribution in [0.4, 0.5) is 0 Å². The number of carbonyl (C=O) groups is 1. The minimum absolute atomic E-state index is 0.100. The summed E-state index contributed by atoms with van der Waals surface area (Å²) in [5.41, 5.74) is 1.88. The van der Waals surface area contributed by atoms with Gasteiger partial charge >= 0.3 is 0 Å². The van der Waals surface area contributed by atoms with Crippen LogP contribution in [0, 0.1) is 6.92 Å². The van der Waals surface area contributed by atoms with E-state index in [2.05, 4.69) is 31.4 Å². The van der Waals surface area contributed by atoms with Crippen molar-refractivity contribution < 1.29 is 4.79 Å². The summed E-state index contributed by atoms with van der Waals surface area (Å²) in [6.45, 7) is 3.34. The van der Waals surface area contributed by atoms with Crippen LogP contribution >= 0.6 is 15.9 Å². The average Bonchev–Trinajstić information content (AvgIpc) is 2.99. The summed E-state index contributed by atoms with van der Waals surface area (Å²) in [4.78, 5) is 11.6. The zero-order chi connectivity index (χ0) is 15.2. The number of amides is 1. The van der Waals surface area contributed by atoms with Gasteiger partial charge in [0.15, 0.2) is 0 Å². The van der Waals surface area contributed by atoms with Gasteiger partial charge in [-0.3, -0.25) is 14.2 Å². The SMILES string of the molecule is Cc1nn(CCCNC(=O)/C=C/c2cnn(C)c2)cc1Br. The van der Waals surface area contributed by atoms with E-state index in [9.17, 15) is 4.79 Å². The molecule has 112 valence electrons. The highest BCUT2D eigenvalue weighted by Crippen LogP contribution is 2.13. The molecule has 2 aromatic rings. The van der Waals surface area contributed by atoms with Crippen LogP contribution in [-0.4, -0.2) is 32.0 Å². The fourth-order valence-corrected chi connectivity index (χ4v) is 2.13. The third kappa shape index (κ3) is 4.86. The molecule has 7 heteroatoms. The molecule has 2 heterocycles. The van der Waals surface area contributed by atoms with Crippen molar-refractivity contribution in [2.75, 3.05) is 6.54 Å². The molecule has 0 spiro atoms. The molecule has 6 nitrogen and oxygen atoms in total. The lowest BCUT2D eigenvalue weighted by Gasteiger charge is -2.02. The average molecular weight is 352 g/mol. The van der Waals surface area contributed by atoms with Crippen LogP contribution in [0.3, 0.4) is 0 Å². The van der Waals surface area contributed by atoms with Crippen LogP contribution in [-0.2, 0) is 18.4 Å². The van der Waals surface area contributed by atoms with Crippen molar-refractivity contribution in [2.24, 2.45) is 7.05 Å². The van der Waals surface area contributed by atoms with E-state index in [0.29, 0.717) is 6.54 Å². The molecule has 2 rings (SSSR count). The number of nitrogens with one attached hydrogen (secondary N) is 1. The van der Waals surface area contributed by atoms with Crippen molar-refractivity contribution in [2.45, 2.75) is 19.9 Å². The normalized spacial score (nSPS) is 11.2. The lowest BCUT2D eigenvalue weighted by Crippen LogP contribution is -2.23. The quantitative estimate of drug-likeness (QED) is 0.638. The lowest BCUT2D eigenvalue weighted by atomic mass is 10.3. The van der Waals surface area contributed by atoms with Gasteiger partial charge in [-0.15, -0.1) is 0 Å². The molecule has 2 aromatic heterocycles. The van der Waals surface area contributed by atoms with Gasteiger partial charge in [0.1, 0.15) is 0 Å². The van der Waals surface area contributed by atoms with E-state index in [-0.39, 0.29) is 5.91 Å². The van der Waals surface area contributed by atoms with Crippen LogP contribution in [0.15, 0.2) is 29.1 Å². The molecule has 0 aromatic carbocycles. The molecule has 1 N–H and O–H groups in total. The number of aromatic nitrogens is 4. The molecule has 0 fully saturated rings. The van der Waals surface area contributed by atoms with Gasteiger partial charge in [-0.25, -0.2) is 0 Å². The summed E-state index contributed by atoms with van der Waals surface area (Å²) in [6.07, 6.45) is 9.60. The van der Waals surface area contributed by atoms with Gasteiger partial charge in [0.05, 0.1) is 16.4 Å². The molecule has 1 amide bonds. The minimum atomic E-state index is -0.100. The number of aryl methyl sites for hydroxylation is 3. The second-order valence-electron chi connectivity index (χ2n) is 4.75. The van der Waals surface area contributed by atoms with Crippen LogP contribution < -0.4 is 5.32 Å². The summed E-state index contributed by atoms with van der Waals surface area (Å²) in [7, 11) is 1.84. The molecule has 0 radical (unpaired) electrons. The number of carbonyl (C=O) groups excluding carboxylic acids is 1. The second-order valence-corrected chi connectivity index (χ2v) is 5.61. The number of hydrogen-bond acceptors (Lipinski definition) is 3. The first-order valence-electron chi connectivity index (χ1n) is 6.69. The van der Waals surface area contributed by atoms with E-state index >= 15 is 0 Å². The summed E-state index contributed by atoms with van der Waals surface area (Å²) in [6, 6.07) is 0. The maximum atomic E-state index is 11.6. The number of halogens is 1. The summed E-state index contributed by atoms with van der Waals surface area (Å²) in [5.74, 6) is -0.100. The van der Waals surface area contributed by atoms with Gasteiger partial charge in [0.25, 0.3) is 0 Å². The van der Waals surface area contributed by atoms with E-state index in [4.69, 9.17) is 0 Å². The molecular weight excluding hydrogens is 334 g/mol. The Bertz CT molecular complexity index is 624. The smallest absolute Gasteiger partial charge is 0.244 e. The number of nitrogens with zero attached hydrogens (tertiary/aromatic N) is 4. The Morgan fingerprint density at radius 1 is 1.48 bits per heavy atom. The Labute approximate surface area is 132 Å². The highest BCUT2D eigenvalue weighted by molar-refractivity contribution is 9.10. The Hall–Kier alpha value is -1.89. The van der Waals surface area contributed by atoms with Crippen LogP contribution in [0.5, 0.6) is 0 Å². The van der Waals surface area contributed by atoms with Gasteiger partial charge in [-0.1, -0.05) is 0 Å². The molecule has 0 saturated heterocycles. The van der Waals surface area contributed by atoms with Crippen LogP contribution in [0.1, 0.15) is 17.7 Å². The van der Waals surface area contributed by atoms with Gasteiger partial charge in [0, 0.05) is 44.2 Å². The van der Waals surface area contributed by atoms with Gasteiger partial charge in [0.2, 0.25) is 5.91 Å². The van der Waals surface area contributed by atoms with Crippen LogP contribution in [0.2, 0.25) is 0 Å². The summed E-state index contributed by atoms with van der Waals surface area (Å²) >= 11 is 3.42. The third-order valence-corrected chi connectivity index (χ3v) is 3.68. The Balaban J connectivity index is 1.68. The third-order valence-electron chi connectivity index (χ3n) is 2.90. The molecule has 0 aliphatic carbocycles. The van der Waals surface area contributed by atoms with Crippen molar-refractivity contribution in [3.05, 3.63) is 40.4 Å². The van der Waals surface area contributed by atoms with Crippen molar-refractivity contribution in [3.63, 3.8) is 0 Å². The molecule has 0 aliphatic rings. The molecule has 0 bridgehead atoms. The maximum Gasteiger partial charge on any atom is 0.244 e. The molecule has 0 aliphatic heterocycles. The Morgan fingerprint density at radius 3 is 2.90 bits per heavy atom. The molecule has 0 unspecified atom stereocenters. The lowest BCUT2D eigenvalue weighted by molar-refractivity contribution is -0.116. The van der Waals surface area contributed by atoms with Gasteiger partial charge in [-0.2, -0.15) is 10.2 Å². The fourth-order valence-electron chi connectivity index (χ4n) is 1.82. The topological polar surface area (TPSA) is 64.7 Å². The maximum absolute atomic E-state index is 11.6. The van der Waals surface area contributed by atoms with E-state index in [0.717, 1.165) is 28.7 Å². The highest BCUT2D eigenvalue weighted by Gasteiger charge is 2.01. The first-order chi connectivity index (χ1) is 10.0. The summed E-state index contributed by atoms with van der Waals surface area (Å²) in [5, 5.41) is 11.2. The first-order valence-corrected chi connectivity index (χ1v) is 7.48. The van der Waals surface area contributed by atoms with E-state index in [1.165, 1.54) is 6.08 Å². The monoisotopic (exact) mass is 351 g/mol. The zero-order valence-corrected chi connectivity index (χ0v) is 13.7. The first kappa shape index (κ1) is 15.5. The number of hydrogen-bond donors (Lipinski definition) is 1. The Kier molecular flexibility index (Phi) is 5.32. The molecule has 0 atom stereocenters. The van der Waals surface area contributed by atoms with Crippen molar-refractivity contribution in [3.8, 4) is 0 Å². The van der Waals surface area contributed by atoms with Crippen molar-refractivity contribution >= 4 is 27.9 Å². The minimum Gasteiger partial charge on any atom is -0.352 e. The van der Waals surface area contributed by atoms with Crippen molar-refractivity contribution in [1.29, 1.82) is 0 Å². The van der Waals surface area contributed by atoms with E-state index < -0.39 is 0 Å². The highest BCUT2D eigenvalue weighted by atomic mass is 79.9. The van der Waals surface area contributed by atoms with Gasteiger partial charge < -0.3 is 5.32 Å². The predicted octanol–water partition coefficient (Wildman–Crippen LogP) is 1.91. The van der Waals surface area contributed by atoms with E-state index in [1.807, 2.05) is 31.0 Å². The molecular formula is C14H18BrN5O. The predicted molar refractivity (Wildman–Crippen MR) is 84.5 cm³/mol. The summed E-state index contributed by atoms with van der Waals surface area (Å²) < 4.78 is 4.57. The van der Waals surface area contributed by atoms with Crippen molar-refractivity contribution in [1.82, 2.24) is 24.9 Å². The second kappa shape index (κ2) is 7.21. The van der Waals surface area contributed by atoms with Gasteiger partial charge in [-0.05, 0) is 35.4 Å². The largest absolute Gasteiger partial charge is 0.352 e. The fraction of sp³-hybridized carbons (Fsp3) is 0.357. The number of rotatable bonds is 6. The standard InChI is InChI=1S/C14H18BrN5O/c1-11-13(15)10-20(18-11)7-3-6-16-14(21)5-4-12-8-17-19(2)9-12/h4-5,8-10H,3,6-7H2,1-2H3,(H,16,21)/b5-4+. The van der Waals surface area contributed by atoms with Crippen LogP contribution in [0.25, 0.3) is 6.08 Å². The Morgan fingerprint density at radius 2 is 2.29 bits per heavy atom. The van der Waals surface area contributed by atoms with E-state index in [1.54, 1.807) is 17.0 Å². The molecule has 0 saturated carbocycles. The molecule has 21 heavy (non-hydrogen) atoms.